The van der Waals surface area contributed by atoms with E-state index in [1.807, 2.05) is 48.9 Å². The van der Waals surface area contributed by atoms with Gasteiger partial charge in [0.25, 0.3) is 0 Å². The van der Waals surface area contributed by atoms with Crippen LogP contribution in [0.3, 0.4) is 0 Å². The van der Waals surface area contributed by atoms with E-state index in [-0.39, 0.29) is 5.75 Å². The van der Waals surface area contributed by atoms with Crippen molar-refractivity contribution in [2.24, 2.45) is 0 Å². The number of aromatic nitrogens is 2. The molecule has 2 rings (SSSR count). The Bertz CT molecular complexity index is 735. The molecule has 0 amide bonds. The van der Waals surface area contributed by atoms with Crippen LogP contribution < -0.4 is 0 Å². The minimum atomic E-state index is -3.17. The maximum Gasteiger partial charge on any atom is 0.213 e. The lowest BCUT2D eigenvalue weighted by molar-refractivity contribution is 0.468. The largest absolute Gasteiger partial charge is 0.238 e. The topological polar surface area (TPSA) is 55.2 Å². The molecule has 0 atom stereocenters. The average molecular weight is 307 g/mol. The summed E-state index contributed by atoms with van der Waals surface area (Å²) in [6, 6.07) is 9.81. The van der Waals surface area contributed by atoms with Gasteiger partial charge < -0.3 is 0 Å². The minimum absolute atomic E-state index is 0.112. The summed E-state index contributed by atoms with van der Waals surface area (Å²) in [5.74, 6) is 0.112. The van der Waals surface area contributed by atoms with Crippen LogP contribution in [0, 0.1) is 13.8 Å². The van der Waals surface area contributed by atoms with Gasteiger partial charge in [-0.25, -0.2) is 17.4 Å². The van der Waals surface area contributed by atoms with Crippen molar-refractivity contribution in [3.63, 3.8) is 0 Å². The van der Waals surface area contributed by atoms with E-state index in [4.69, 9.17) is 0 Å². The van der Waals surface area contributed by atoms with Crippen LogP contribution in [0.1, 0.15) is 23.9 Å². The molecule has 0 saturated heterocycles. The molecule has 114 valence electrons. The van der Waals surface area contributed by atoms with Gasteiger partial charge in [-0.3, -0.25) is 0 Å². The van der Waals surface area contributed by atoms with Gasteiger partial charge in [0.15, 0.2) is 0 Å². The lowest BCUT2D eigenvalue weighted by atomic mass is 10.2. The van der Waals surface area contributed by atoms with Crippen LogP contribution in [0.15, 0.2) is 30.3 Å². The van der Waals surface area contributed by atoms with Crippen LogP contribution in [0.25, 0.3) is 5.69 Å². The fraction of sp³-hybridized carbons (Fsp3) is 0.400. The third-order valence-electron chi connectivity index (χ3n) is 3.41. The van der Waals surface area contributed by atoms with Crippen molar-refractivity contribution >= 4 is 10.0 Å². The van der Waals surface area contributed by atoms with Crippen molar-refractivity contribution < 1.29 is 8.42 Å². The second kappa shape index (κ2) is 5.99. The van der Waals surface area contributed by atoms with Gasteiger partial charge in [0, 0.05) is 19.3 Å². The molecule has 2 aromatic rings. The summed E-state index contributed by atoms with van der Waals surface area (Å²) in [5.41, 5.74) is 3.91. The number of sulfonamides is 1. The van der Waals surface area contributed by atoms with Crippen LogP contribution >= 0.6 is 0 Å². The third kappa shape index (κ3) is 3.51. The molecular formula is C15H21N3O2S. The first-order valence-electron chi connectivity index (χ1n) is 6.90. The Morgan fingerprint density at radius 3 is 2.52 bits per heavy atom. The first-order valence-corrected chi connectivity index (χ1v) is 8.51. The van der Waals surface area contributed by atoms with Gasteiger partial charge in [0.05, 0.1) is 17.1 Å². The molecule has 0 fully saturated rings. The van der Waals surface area contributed by atoms with E-state index >= 15 is 0 Å². The molecule has 5 nitrogen and oxygen atoms in total. The van der Waals surface area contributed by atoms with Crippen LogP contribution in [-0.4, -0.2) is 35.3 Å². The van der Waals surface area contributed by atoms with Crippen molar-refractivity contribution in [2.75, 3.05) is 12.8 Å². The zero-order valence-electron chi connectivity index (χ0n) is 12.9. The predicted octanol–water partition coefficient (Wildman–Crippen LogP) is 2.27. The lowest BCUT2D eigenvalue weighted by Gasteiger charge is -2.16. The van der Waals surface area contributed by atoms with Crippen LogP contribution in [-0.2, 0) is 16.6 Å². The van der Waals surface area contributed by atoms with E-state index in [1.165, 1.54) is 4.31 Å². The fourth-order valence-electron chi connectivity index (χ4n) is 2.25. The molecule has 0 bridgehead atoms. The molecule has 0 aliphatic heterocycles. The normalized spacial score (nSPS) is 12.0. The number of hydrogen-bond donors (Lipinski definition) is 0. The van der Waals surface area contributed by atoms with Crippen molar-refractivity contribution in [3.8, 4) is 5.69 Å². The number of benzene rings is 1. The Labute approximate surface area is 126 Å². The number of aryl methyl sites for hydroxylation is 2. The van der Waals surface area contributed by atoms with Gasteiger partial charge >= 0.3 is 0 Å². The summed E-state index contributed by atoms with van der Waals surface area (Å²) < 4.78 is 26.9. The van der Waals surface area contributed by atoms with E-state index in [0.717, 1.165) is 22.6 Å². The SMILES string of the molecule is CCS(=O)(=O)N(C)Cc1cccc(-n2nc(C)cc2C)c1. The predicted molar refractivity (Wildman–Crippen MR) is 84.0 cm³/mol. The van der Waals surface area contributed by atoms with E-state index in [9.17, 15) is 8.42 Å². The van der Waals surface area contributed by atoms with E-state index in [1.54, 1.807) is 14.0 Å². The first-order chi connectivity index (χ1) is 9.83. The molecule has 0 aliphatic carbocycles. The van der Waals surface area contributed by atoms with Gasteiger partial charge in [0.1, 0.15) is 0 Å². The fourth-order valence-corrected chi connectivity index (χ4v) is 3.04. The van der Waals surface area contributed by atoms with Crippen LogP contribution in [0.5, 0.6) is 0 Å². The maximum atomic E-state index is 11.8. The van der Waals surface area contributed by atoms with Gasteiger partial charge in [-0.15, -0.1) is 0 Å². The van der Waals surface area contributed by atoms with Gasteiger partial charge in [-0.2, -0.15) is 5.10 Å². The van der Waals surface area contributed by atoms with E-state index in [0.29, 0.717) is 6.54 Å². The van der Waals surface area contributed by atoms with Gasteiger partial charge in [0.2, 0.25) is 10.0 Å². The second-order valence-electron chi connectivity index (χ2n) is 5.17. The minimum Gasteiger partial charge on any atom is -0.238 e. The molecular weight excluding hydrogens is 286 g/mol. The molecule has 1 heterocycles. The molecule has 0 radical (unpaired) electrons. The number of nitrogens with zero attached hydrogens (tertiary/aromatic N) is 3. The highest BCUT2D eigenvalue weighted by Gasteiger charge is 2.15. The molecule has 0 unspecified atom stereocenters. The second-order valence-corrected chi connectivity index (χ2v) is 7.53. The molecule has 1 aromatic carbocycles. The highest BCUT2D eigenvalue weighted by molar-refractivity contribution is 7.89. The summed E-state index contributed by atoms with van der Waals surface area (Å²) in [4.78, 5) is 0. The molecule has 0 spiro atoms. The lowest BCUT2D eigenvalue weighted by Crippen LogP contribution is -2.27. The Hall–Kier alpha value is -1.66. The molecule has 0 aliphatic rings. The Balaban J connectivity index is 2.29. The van der Waals surface area contributed by atoms with Crippen LogP contribution in [0.2, 0.25) is 0 Å². The first kappa shape index (κ1) is 15.7. The van der Waals surface area contributed by atoms with Crippen molar-refractivity contribution in [1.82, 2.24) is 14.1 Å². The maximum absolute atomic E-state index is 11.8. The van der Waals surface area contributed by atoms with Crippen molar-refractivity contribution in [1.29, 1.82) is 0 Å². The number of hydrogen-bond acceptors (Lipinski definition) is 3. The summed E-state index contributed by atoms with van der Waals surface area (Å²) in [7, 11) is -1.56. The Morgan fingerprint density at radius 1 is 1.24 bits per heavy atom. The molecule has 0 saturated carbocycles. The molecule has 6 heteroatoms. The monoisotopic (exact) mass is 307 g/mol. The summed E-state index contributed by atoms with van der Waals surface area (Å²) in [5, 5.41) is 4.45. The summed E-state index contributed by atoms with van der Waals surface area (Å²) >= 11 is 0. The summed E-state index contributed by atoms with van der Waals surface area (Å²) in [6.45, 7) is 5.97. The van der Waals surface area contributed by atoms with Gasteiger partial charge in [-0.05, 0) is 44.5 Å². The molecule has 21 heavy (non-hydrogen) atoms. The highest BCUT2D eigenvalue weighted by atomic mass is 32.2. The summed E-state index contributed by atoms with van der Waals surface area (Å²) in [6.07, 6.45) is 0. The molecule has 1 aromatic heterocycles. The third-order valence-corrected chi connectivity index (χ3v) is 5.22. The van der Waals surface area contributed by atoms with Crippen LogP contribution in [0.4, 0.5) is 0 Å². The highest BCUT2D eigenvalue weighted by Crippen LogP contribution is 2.15. The zero-order valence-corrected chi connectivity index (χ0v) is 13.7. The Morgan fingerprint density at radius 2 is 1.95 bits per heavy atom. The molecule has 0 N–H and O–H groups in total. The quantitative estimate of drug-likeness (QED) is 0.851. The average Bonchev–Trinajstić information content (AvgIpc) is 2.78. The zero-order chi connectivity index (χ0) is 15.6. The van der Waals surface area contributed by atoms with Crippen molar-refractivity contribution in [2.45, 2.75) is 27.3 Å². The Kier molecular flexibility index (Phi) is 4.49. The van der Waals surface area contributed by atoms with Gasteiger partial charge in [-0.1, -0.05) is 12.1 Å². The smallest absolute Gasteiger partial charge is 0.213 e. The standard InChI is InChI=1S/C15H21N3O2S/c1-5-21(19,20)17(4)11-14-7-6-8-15(10-14)18-13(3)9-12(2)16-18/h6-10H,5,11H2,1-4H3. The number of rotatable bonds is 5. The van der Waals surface area contributed by atoms with E-state index < -0.39 is 10.0 Å². The van der Waals surface area contributed by atoms with E-state index in [2.05, 4.69) is 5.10 Å². The van der Waals surface area contributed by atoms with Crippen molar-refractivity contribution in [3.05, 3.63) is 47.3 Å².